The number of fused-ring (bicyclic) bond motifs is 3. The van der Waals surface area contributed by atoms with Gasteiger partial charge in [0.25, 0.3) is 0 Å². The number of quaternary nitrogens is 1. The zero-order valence-electron chi connectivity index (χ0n) is 12.3. The monoisotopic (exact) mass is 330 g/mol. The minimum absolute atomic E-state index is 0. The second-order valence-electron chi connectivity index (χ2n) is 5.55. The molecule has 0 bridgehead atoms. The van der Waals surface area contributed by atoms with Gasteiger partial charge in [0.15, 0.2) is 0 Å². The lowest BCUT2D eigenvalue weighted by molar-refractivity contribution is 0.462. The van der Waals surface area contributed by atoms with E-state index in [1.54, 1.807) is 0 Å². The molecule has 3 rings (SSSR count). The van der Waals surface area contributed by atoms with Crippen molar-refractivity contribution in [3.63, 3.8) is 0 Å². The van der Waals surface area contributed by atoms with Crippen molar-refractivity contribution in [2.45, 2.75) is 13.8 Å². The third-order valence-electron chi connectivity index (χ3n) is 4.59. The van der Waals surface area contributed by atoms with Crippen LogP contribution in [0.5, 0.6) is 0 Å². The summed E-state index contributed by atoms with van der Waals surface area (Å²) in [5, 5.41) is 2.68. The molecule has 2 aromatic carbocycles. The predicted molar refractivity (Wildman–Crippen MR) is 95.3 cm³/mol. The molecular weight excluding hydrogens is 310 g/mol. The molecule has 0 spiro atoms. The van der Waals surface area contributed by atoms with Gasteiger partial charge in [0.1, 0.15) is 17.9 Å². The normalized spacial score (nSPS) is 20.8. The van der Waals surface area contributed by atoms with Gasteiger partial charge in [-0.25, -0.2) is 0 Å². The van der Waals surface area contributed by atoms with E-state index in [0.717, 1.165) is 11.0 Å². The molecule has 0 amide bonds. The zero-order chi connectivity index (χ0) is 13.6. The first kappa shape index (κ1) is 15.0. The molecule has 2 heteroatoms. The van der Waals surface area contributed by atoms with Crippen LogP contribution in [0.2, 0.25) is 0 Å². The minimum atomic E-state index is 0. The summed E-state index contributed by atoms with van der Waals surface area (Å²) in [7, 11) is 2.28. The molecule has 20 heavy (non-hydrogen) atoms. The van der Waals surface area contributed by atoms with E-state index in [1.807, 2.05) is 6.08 Å². The van der Waals surface area contributed by atoms with Gasteiger partial charge in [0.2, 0.25) is 0 Å². The fraction of sp³-hybridized carbons (Fsp3) is 0.222. The highest BCUT2D eigenvalue weighted by Gasteiger charge is 2.38. The van der Waals surface area contributed by atoms with Crippen molar-refractivity contribution in [3.8, 4) is 0 Å². The Bertz CT molecular complexity index is 714. The number of nitrogens with zero attached hydrogens (tertiary/aromatic N) is 1. The topological polar surface area (TPSA) is 0 Å². The van der Waals surface area contributed by atoms with E-state index in [9.17, 15) is 0 Å². The molecule has 0 radical (unpaired) electrons. The van der Waals surface area contributed by atoms with Crippen LogP contribution in [0.4, 0.5) is 5.69 Å². The first-order valence-electron chi connectivity index (χ1n) is 6.77. The number of rotatable bonds is 2. The molecule has 1 aliphatic heterocycles. The molecule has 0 aromatic heterocycles. The Morgan fingerprint density at radius 2 is 1.80 bits per heavy atom. The number of hydrogen-bond acceptors (Lipinski definition) is 0. The number of allylic oxidation sites excluding steroid dienone is 2. The summed E-state index contributed by atoms with van der Waals surface area (Å²) in [5.41, 5.74) is 5.65. The van der Waals surface area contributed by atoms with Crippen LogP contribution < -0.4 is 4.48 Å². The molecule has 0 saturated heterocycles. The van der Waals surface area contributed by atoms with E-state index < -0.39 is 0 Å². The predicted octanol–water partition coefficient (Wildman–Crippen LogP) is 5.31. The minimum Gasteiger partial charge on any atom is -0.261 e. The molecule has 1 aliphatic rings. The molecule has 1 unspecified atom stereocenters. The van der Waals surface area contributed by atoms with Crippen LogP contribution >= 0.6 is 17.0 Å². The molecule has 0 fully saturated rings. The van der Waals surface area contributed by atoms with Crippen LogP contribution in [0.25, 0.3) is 16.3 Å². The maximum atomic E-state index is 3.93. The van der Waals surface area contributed by atoms with Crippen molar-refractivity contribution in [2.75, 3.05) is 13.6 Å². The van der Waals surface area contributed by atoms with E-state index in [2.05, 4.69) is 63.9 Å². The van der Waals surface area contributed by atoms with Crippen LogP contribution in [0.15, 0.2) is 54.8 Å². The Hall–Kier alpha value is -1.38. The van der Waals surface area contributed by atoms with Gasteiger partial charge in [-0.15, -0.1) is 17.0 Å². The molecule has 0 saturated carbocycles. The second kappa shape index (κ2) is 5.19. The van der Waals surface area contributed by atoms with Crippen molar-refractivity contribution in [1.82, 2.24) is 4.48 Å². The third-order valence-corrected chi connectivity index (χ3v) is 4.59. The first-order chi connectivity index (χ1) is 9.09. The smallest absolute Gasteiger partial charge is 0.146 e. The lowest BCUT2D eigenvalue weighted by atomic mass is 9.99. The Morgan fingerprint density at radius 1 is 1.10 bits per heavy atom. The molecule has 0 aliphatic carbocycles. The Labute approximate surface area is 131 Å². The van der Waals surface area contributed by atoms with E-state index >= 15 is 0 Å². The Kier molecular flexibility index (Phi) is 3.90. The third kappa shape index (κ3) is 1.87. The maximum absolute atomic E-state index is 3.93. The highest BCUT2D eigenvalue weighted by molar-refractivity contribution is 8.93. The fourth-order valence-electron chi connectivity index (χ4n) is 3.29. The van der Waals surface area contributed by atoms with Crippen LogP contribution in [-0.4, -0.2) is 13.6 Å². The molecule has 104 valence electrons. The first-order valence-corrected chi connectivity index (χ1v) is 6.77. The van der Waals surface area contributed by atoms with Crippen molar-refractivity contribution >= 4 is 39.0 Å². The summed E-state index contributed by atoms with van der Waals surface area (Å²) in [6, 6.07) is 13.2. The zero-order valence-corrected chi connectivity index (χ0v) is 14.0. The summed E-state index contributed by atoms with van der Waals surface area (Å²) in [6.07, 6.45) is 2.01. The van der Waals surface area contributed by atoms with Gasteiger partial charge in [0.05, 0.1) is 12.6 Å². The SMILES string of the molecule is Br.C=CC[N+]1(C)C(C)=C(C)c2c1ccc1ccccc21. The van der Waals surface area contributed by atoms with Gasteiger partial charge in [0, 0.05) is 18.6 Å². The van der Waals surface area contributed by atoms with Crippen molar-refractivity contribution in [1.29, 1.82) is 0 Å². The average molecular weight is 331 g/mol. The highest BCUT2D eigenvalue weighted by Crippen LogP contribution is 2.46. The average Bonchev–Trinajstić information content (AvgIpc) is 2.62. The summed E-state index contributed by atoms with van der Waals surface area (Å²) in [5.74, 6) is 0. The van der Waals surface area contributed by atoms with Crippen LogP contribution in [0, 0.1) is 0 Å². The largest absolute Gasteiger partial charge is 0.261 e. The molecule has 0 N–H and O–H groups in total. The fourth-order valence-corrected chi connectivity index (χ4v) is 3.29. The number of likely N-dealkylation sites (N-methyl/N-ethyl adjacent to an activating group) is 1. The lowest BCUT2D eigenvalue weighted by Crippen LogP contribution is -2.41. The van der Waals surface area contributed by atoms with Gasteiger partial charge in [-0.2, -0.15) is 0 Å². The molecule has 1 atom stereocenters. The van der Waals surface area contributed by atoms with Crippen LogP contribution in [0.1, 0.15) is 19.4 Å². The number of halogens is 1. The summed E-state index contributed by atoms with van der Waals surface area (Å²) in [4.78, 5) is 0. The van der Waals surface area contributed by atoms with E-state index in [0.29, 0.717) is 0 Å². The second-order valence-corrected chi connectivity index (χ2v) is 5.55. The maximum Gasteiger partial charge on any atom is 0.146 e. The molecule has 1 heterocycles. The molecular formula is C18H21BrN+. The van der Waals surface area contributed by atoms with Crippen LogP contribution in [0.3, 0.4) is 0 Å². The Morgan fingerprint density at radius 3 is 2.50 bits per heavy atom. The number of benzene rings is 2. The molecule has 2 aromatic rings. The highest BCUT2D eigenvalue weighted by atomic mass is 79.9. The standard InChI is InChI=1S/C18H20N.BrH/c1-5-12-19(4)14(3)13(2)18-16-9-7-6-8-15(16)10-11-17(18)19;/h5-11H,1,12H2,2-4H3;1H/q+1;. The van der Waals surface area contributed by atoms with Gasteiger partial charge in [-0.3, -0.25) is 4.48 Å². The lowest BCUT2D eigenvalue weighted by Gasteiger charge is -2.30. The van der Waals surface area contributed by atoms with Gasteiger partial charge in [-0.1, -0.05) is 30.8 Å². The van der Waals surface area contributed by atoms with E-state index in [-0.39, 0.29) is 17.0 Å². The van der Waals surface area contributed by atoms with Crippen molar-refractivity contribution < 1.29 is 0 Å². The summed E-state index contributed by atoms with van der Waals surface area (Å²) in [6.45, 7) is 9.35. The number of hydrogen-bond donors (Lipinski definition) is 0. The Balaban J connectivity index is 0.00000147. The summed E-state index contributed by atoms with van der Waals surface area (Å²) >= 11 is 0. The van der Waals surface area contributed by atoms with Gasteiger partial charge < -0.3 is 0 Å². The van der Waals surface area contributed by atoms with Crippen LogP contribution in [-0.2, 0) is 0 Å². The summed E-state index contributed by atoms with van der Waals surface area (Å²) < 4.78 is 0.857. The van der Waals surface area contributed by atoms with Gasteiger partial charge in [-0.05, 0) is 29.8 Å². The van der Waals surface area contributed by atoms with E-state index in [1.165, 1.54) is 33.3 Å². The van der Waals surface area contributed by atoms with E-state index in [4.69, 9.17) is 0 Å². The molecule has 1 nitrogen and oxygen atoms in total. The van der Waals surface area contributed by atoms with Crippen molar-refractivity contribution in [3.05, 3.63) is 60.3 Å². The quantitative estimate of drug-likeness (QED) is 0.517. The van der Waals surface area contributed by atoms with Crippen molar-refractivity contribution in [2.24, 2.45) is 0 Å². The van der Waals surface area contributed by atoms with Gasteiger partial charge >= 0.3 is 0 Å².